The van der Waals surface area contributed by atoms with Crippen LogP contribution in [0.15, 0.2) is 73.3 Å². The topological polar surface area (TPSA) is 88.0 Å². The molecule has 0 atom stereocenters. The number of pyridine rings is 1. The maximum atomic E-state index is 15.0. The summed E-state index contributed by atoms with van der Waals surface area (Å²) in [7, 11) is 0. The van der Waals surface area contributed by atoms with E-state index < -0.39 is 11.7 Å². The second-order valence-corrected chi connectivity index (χ2v) is 8.59. The molecule has 10 heteroatoms. The molecule has 0 radical (unpaired) electrons. The average Bonchev–Trinajstić information content (AvgIpc) is 3.57. The van der Waals surface area contributed by atoms with Crippen molar-refractivity contribution in [2.24, 2.45) is 0 Å². The summed E-state index contributed by atoms with van der Waals surface area (Å²) in [5.74, 6) is -1.70. The molecule has 0 bridgehead atoms. The lowest BCUT2D eigenvalue weighted by molar-refractivity contribution is 0.102. The van der Waals surface area contributed by atoms with Crippen LogP contribution in [0.2, 0.25) is 0 Å². The van der Waals surface area contributed by atoms with Crippen LogP contribution >= 0.6 is 11.3 Å². The van der Waals surface area contributed by atoms with Crippen LogP contribution in [-0.4, -0.2) is 30.5 Å². The van der Waals surface area contributed by atoms with Crippen LogP contribution in [0, 0.1) is 11.6 Å². The molecule has 0 fully saturated rings. The highest BCUT2D eigenvalue weighted by Crippen LogP contribution is 2.29. The molecule has 2 aromatic carbocycles. The minimum absolute atomic E-state index is 0.123. The number of nitrogens with one attached hydrogen (secondary N) is 2. The number of amides is 1. The highest BCUT2D eigenvalue weighted by atomic mass is 32.1. The Balaban J connectivity index is 1.30. The monoisotopic (exact) mass is 472 g/mol. The lowest BCUT2D eigenvalue weighted by atomic mass is 10.1. The minimum atomic E-state index is -0.678. The lowest BCUT2D eigenvalue weighted by Gasteiger charge is -2.07. The van der Waals surface area contributed by atoms with Crippen LogP contribution < -0.4 is 5.32 Å². The number of thiazole rings is 1. The van der Waals surface area contributed by atoms with Crippen molar-refractivity contribution in [2.75, 3.05) is 5.32 Å². The van der Waals surface area contributed by atoms with Crippen LogP contribution in [0.5, 0.6) is 0 Å². The Morgan fingerprint density at radius 3 is 2.71 bits per heavy atom. The van der Waals surface area contributed by atoms with Gasteiger partial charge in [-0.05, 0) is 42.5 Å². The van der Waals surface area contributed by atoms with E-state index in [4.69, 9.17) is 0 Å². The Labute approximate surface area is 194 Å². The van der Waals surface area contributed by atoms with E-state index in [9.17, 15) is 13.6 Å². The number of nitrogens with zero attached hydrogens (tertiary/aromatic N) is 4. The Morgan fingerprint density at radius 2 is 1.88 bits per heavy atom. The van der Waals surface area contributed by atoms with E-state index in [0.717, 1.165) is 22.5 Å². The first kappa shape index (κ1) is 20.2. The fourth-order valence-corrected chi connectivity index (χ4v) is 4.63. The number of benzene rings is 2. The summed E-state index contributed by atoms with van der Waals surface area (Å²) >= 11 is 1.12. The highest BCUT2D eigenvalue weighted by molar-refractivity contribution is 7.22. The number of hydrogen-bond donors (Lipinski definition) is 2. The summed E-state index contributed by atoms with van der Waals surface area (Å²) in [6.07, 6.45) is 7.06. The minimum Gasteiger partial charge on any atom is -0.299 e. The number of anilines is 1. The number of aromatic nitrogens is 5. The predicted octanol–water partition coefficient (Wildman–Crippen LogP) is 5.53. The number of fused-ring (bicyclic) bond motifs is 2. The van der Waals surface area contributed by atoms with Gasteiger partial charge in [0.25, 0.3) is 5.91 Å². The van der Waals surface area contributed by atoms with E-state index in [1.807, 2.05) is 22.7 Å². The van der Waals surface area contributed by atoms with Crippen molar-refractivity contribution in [1.82, 2.24) is 24.6 Å². The van der Waals surface area contributed by atoms with Gasteiger partial charge in [-0.3, -0.25) is 19.6 Å². The van der Waals surface area contributed by atoms with Gasteiger partial charge in [0, 0.05) is 29.1 Å². The molecule has 1 amide bonds. The summed E-state index contributed by atoms with van der Waals surface area (Å²) in [5, 5.41) is 9.62. The standard InChI is InChI=1S/C24H14F2N6OS/c25-16-3-5-19-21(8-16)34-24(30-19)31-23(33)17-4-1-13(7-18(17)26)20-11-27-22-6-2-14(12-32(20)22)15-9-28-29-10-15/h1-12H,(H,28,29)(H,30,31,33). The van der Waals surface area contributed by atoms with E-state index in [0.29, 0.717) is 27.1 Å². The summed E-state index contributed by atoms with van der Waals surface area (Å²) in [5.41, 5.74) is 4.23. The van der Waals surface area contributed by atoms with Gasteiger partial charge in [-0.2, -0.15) is 5.10 Å². The number of halogens is 2. The van der Waals surface area contributed by atoms with E-state index >= 15 is 0 Å². The second kappa shape index (κ2) is 7.85. The van der Waals surface area contributed by atoms with Crippen LogP contribution in [0.25, 0.3) is 38.2 Å². The summed E-state index contributed by atoms with van der Waals surface area (Å²) < 4.78 is 30.8. The van der Waals surface area contributed by atoms with Crippen molar-refractivity contribution < 1.29 is 13.6 Å². The lowest BCUT2D eigenvalue weighted by Crippen LogP contribution is -2.13. The molecule has 7 nitrogen and oxygen atoms in total. The molecule has 4 heterocycles. The number of imidazole rings is 1. The van der Waals surface area contributed by atoms with Gasteiger partial charge >= 0.3 is 0 Å². The molecule has 2 N–H and O–H groups in total. The van der Waals surface area contributed by atoms with Gasteiger partial charge in [-0.25, -0.2) is 18.7 Å². The molecular formula is C24H14F2N6OS. The largest absolute Gasteiger partial charge is 0.299 e. The maximum Gasteiger partial charge on any atom is 0.260 e. The number of hydrogen-bond acceptors (Lipinski definition) is 5. The number of H-pyrrole nitrogens is 1. The Hall–Kier alpha value is -4.44. The van der Waals surface area contributed by atoms with Crippen molar-refractivity contribution >= 4 is 38.2 Å². The SMILES string of the molecule is O=C(Nc1nc2ccc(F)cc2s1)c1ccc(-c2cnc3ccc(-c4cn[nH]c4)cn23)cc1F. The van der Waals surface area contributed by atoms with Gasteiger partial charge in [0.1, 0.15) is 17.3 Å². The van der Waals surface area contributed by atoms with Gasteiger partial charge in [0.05, 0.1) is 33.9 Å². The summed E-state index contributed by atoms with van der Waals surface area (Å²) in [6.45, 7) is 0. The first-order valence-electron chi connectivity index (χ1n) is 10.2. The first-order valence-corrected chi connectivity index (χ1v) is 11.0. The molecule has 6 rings (SSSR count). The zero-order chi connectivity index (χ0) is 23.2. The molecule has 34 heavy (non-hydrogen) atoms. The maximum absolute atomic E-state index is 15.0. The normalized spacial score (nSPS) is 11.4. The van der Waals surface area contributed by atoms with Gasteiger partial charge in [-0.15, -0.1) is 0 Å². The van der Waals surface area contributed by atoms with E-state index in [2.05, 4.69) is 25.5 Å². The Bertz CT molecular complexity index is 1690. The third-order valence-electron chi connectivity index (χ3n) is 5.42. The third kappa shape index (κ3) is 3.50. The Morgan fingerprint density at radius 1 is 1.00 bits per heavy atom. The summed E-state index contributed by atoms with van der Waals surface area (Å²) in [6, 6.07) is 12.4. The van der Waals surface area contributed by atoms with Crippen LogP contribution in [0.3, 0.4) is 0 Å². The summed E-state index contributed by atoms with van der Waals surface area (Å²) in [4.78, 5) is 21.3. The molecule has 166 valence electrons. The van der Waals surface area contributed by atoms with Crippen molar-refractivity contribution in [3.63, 3.8) is 0 Å². The smallest absolute Gasteiger partial charge is 0.260 e. The molecule has 0 aliphatic rings. The molecule has 0 aliphatic heterocycles. The van der Waals surface area contributed by atoms with Gasteiger partial charge < -0.3 is 0 Å². The predicted molar refractivity (Wildman–Crippen MR) is 126 cm³/mol. The van der Waals surface area contributed by atoms with Gasteiger partial charge in [0.2, 0.25) is 0 Å². The molecular weight excluding hydrogens is 458 g/mol. The number of rotatable bonds is 4. The molecule has 4 aromatic heterocycles. The third-order valence-corrected chi connectivity index (χ3v) is 6.35. The fraction of sp³-hybridized carbons (Fsp3) is 0. The Kier molecular flexibility index (Phi) is 4.66. The van der Waals surface area contributed by atoms with Gasteiger partial charge in [-0.1, -0.05) is 17.4 Å². The first-order chi connectivity index (χ1) is 16.5. The number of carbonyl (C=O) groups excluding carboxylic acids is 1. The van der Waals surface area contributed by atoms with Crippen LogP contribution in [0.4, 0.5) is 13.9 Å². The van der Waals surface area contributed by atoms with E-state index in [-0.39, 0.29) is 16.5 Å². The highest BCUT2D eigenvalue weighted by Gasteiger charge is 2.17. The van der Waals surface area contributed by atoms with Crippen LogP contribution in [0.1, 0.15) is 10.4 Å². The van der Waals surface area contributed by atoms with Gasteiger partial charge in [0.15, 0.2) is 5.13 Å². The fourth-order valence-electron chi connectivity index (χ4n) is 3.75. The van der Waals surface area contributed by atoms with Crippen molar-refractivity contribution in [1.29, 1.82) is 0 Å². The molecule has 0 aliphatic carbocycles. The second-order valence-electron chi connectivity index (χ2n) is 7.56. The molecule has 0 unspecified atom stereocenters. The van der Waals surface area contributed by atoms with E-state index in [1.165, 1.54) is 30.3 Å². The zero-order valence-corrected chi connectivity index (χ0v) is 18.1. The number of aromatic amines is 1. The van der Waals surface area contributed by atoms with Crippen molar-refractivity contribution in [3.05, 3.63) is 90.5 Å². The zero-order valence-electron chi connectivity index (χ0n) is 17.3. The molecule has 0 saturated carbocycles. The molecule has 0 saturated heterocycles. The number of carbonyl (C=O) groups is 1. The molecule has 6 aromatic rings. The van der Waals surface area contributed by atoms with Crippen molar-refractivity contribution in [3.8, 4) is 22.4 Å². The quantitative estimate of drug-likeness (QED) is 0.353. The average molecular weight is 472 g/mol. The molecule has 0 spiro atoms. The van der Waals surface area contributed by atoms with E-state index in [1.54, 1.807) is 24.7 Å². The van der Waals surface area contributed by atoms with Crippen molar-refractivity contribution in [2.45, 2.75) is 0 Å². The van der Waals surface area contributed by atoms with Crippen LogP contribution in [-0.2, 0) is 0 Å².